The minimum atomic E-state index is -1.76. The van der Waals surface area contributed by atoms with Crippen LogP contribution in [0.3, 0.4) is 0 Å². The van der Waals surface area contributed by atoms with Crippen molar-refractivity contribution in [3.63, 3.8) is 0 Å². The number of alkyl halides is 1. The van der Waals surface area contributed by atoms with Gasteiger partial charge < -0.3 is 23.7 Å². The van der Waals surface area contributed by atoms with Crippen molar-refractivity contribution in [2.45, 2.75) is 146 Å². The molecule has 0 bridgehead atoms. The van der Waals surface area contributed by atoms with Crippen LogP contribution in [0.1, 0.15) is 106 Å². The maximum Gasteiger partial charge on any atom is 0.348 e. The molecule has 0 aromatic carbocycles. The third kappa shape index (κ3) is 11.5. The average molecular weight is 657 g/mol. The van der Waals surface area contributed by atoms with Gasteiger partial charge in [-0.15, -0.1) is 22.9 Å². The van der Waals surface area contributed by atoms with Gasteiger partial charge in [0.25, 0.3) is 0 Å². The molecule has 1 aromatic heterocycles. The molecule has 1 aliphatic carbocycles. The number of thiophene rings is 1. The number of halogens is 1. The number of methoxy groups -OCH3 is 1. The van der Waals surface area contributed by atoms with E-state index in [1.807, 2.05) is 18.2 Å². The van der Waals surface area contributed by atoms with Crippen molar-refractivity contribution in [2.24, 2.45) is 11.8 Å². The van der Waals surface area contributed by atoms with E-state index in [2.05, 4.69) is 46.9 Å². The Hall–Kier alpha value is -0.743. The lowest BCUT2D eigenvalue weighted by molar-refractivity contribution is -0.192. The molecule has 9 heteroatoms. The lowest BCUT2D eigenvalue weighted by Gasteiger charge is -2.38. The maximum absolute atomic E-state index is 11.8. The zero-order chi connectivity index (χ0) is 31.6. The molecule has 7 atom stereocenters. The van der Waals surface area contributed by atoms with Crippen LogP contribution in [0, 0.1) is 11.8 Å². The monoisotopic (exact) mass is 656 g/mol. The molecule has 43 heavy (non-hydrogen) atoms. The minimum Gasteiger partial charge on any atom is -0.465 e. The Kier molecular flexibility index (Phi) is 14.7. The highest BCUT2D eigenvalue weighted by atomic mass is 35.5. The summed E-state index contributed by atoms with van der Waals surface area (Å²) in [5, 5.41) is 11.1. The quantitative estimate of drug-likeness (QED) is 0.0630. The largest absolute Gasteiger partial charge is 0.465 e. The normalized spacial score (nSPS) is 26.6. The number of ether oxygens (including phenoxy) is 3. The van der Waals surface area contributed by atoms with E-state index in [0.29, 0.717) is 4.88 Å². The second-order valence-corrected chi connectivity index (χ2v) is 20.5. The third-order valence-corrected chi connectivity index (χ3v) is 15.8. The molecule has 1 N–H and O–H groups in total. The molecule has 6 nitrogen and oxygen atoms in total. The molecule has 1 saturated carbocycles. The fourth-order valence-electron chi connectivity index (χ4n) is 5.98. The van der Waals surface area contributed by atoms with Crippen LogP contribution in [-0.4, -0.2) is 63.1 Å². The number of hydrogen-bond acceptors (Lipinski definition) is 7. The molecule has 2 aliphatic rings. The standard InChI is InChI=1S/C34H57ClO6SSi/c1-24(41-43(6,7)34(2,3)4)13-8-9-14-25(36)18-20-28-27(16-12-15-26-19-21-31(42-26)33(37)38-5)29(35)23-30(28)40-32-17-10-11-22-39-32/h18-21,24-25,27-30,32,36H,8-17,22-23H2,1-7H3/b20-18+/t24-,25+,27-,28-,29-,30-,32?/m1/s1. The summed E-state index contributed by atoms with van der Waals surface area (Å²) in [7, 11) is -0.345. The second kappa shape index (κ2) is 17.3. The van der Waals surface area contributed by atoms with Crippen molar-refractivity contribution < 1.29 is 28.5 Å². The van der Waals surface area contributed by atoms with Crippen molar-refractivity contribution in [1.82, 2.24) is 0 Å². The Balaban J connectivity index is 1.53. The summed E-state index contributed by atoms with van der Waals surface area (Å²) in [6, 6.07) is 3.86. The number of rotatable bonds is 16. The van der Waals surface area contributed by atoms with Gasteiger partial charge in [-0.05, 0) is 101 Å². The summed E-state index contributed by atoms with van der Waals surface area (Å²) in [6.07, 6.45) is 14.2. The first-order chi connectivity index (χ1) is 20.3. The average Bonchev–Trinajstić information content (AvgIpc) is 3.53. The predicted molar refractivity (Wildman–Crippen MR) is 180 cm³/mol. The van der Waals surface area contributed by atoms with Crippen LogP contribution in [-0.2, 0) is 25.1 Å². The highest BCUT2D eigenvalue weighted by molar-refractivity contribution is 7.13. The number of carbonyl (C=O) groups excluding carboxylic acids is 1. The summed E-state index contributed by atoms with van der Waals surface area (Å²) in [5.41, 5.74) is 0. The Bertz CT molecular complexity index is 1000. The molecule has 0 spiro atoms. The van der Waals surface area contributed by atoms with Crippen molar-refractivity contribution in [2.75, 3.05) is 13.7 Å². The van der Waals surface area contributed by atoms with E-state index >= 15 is 0 Å². The van der Waals surface area contributed by atoms with Gasteiger partial charge in [0.05, 0.1) is 19.3 Å². The van der Waals surface area contributed by atoms with Gasteiger partial charge in [0.1, 0.15) is 4.88 Å². The number of carbonyl (C=O) groups is 1. The van der Waals surface area contributed by atoms with Crippen molar-refractivity contribution in [3.8, 4) is 0 Å². The molecule has 246 valence electrons. The van der Waals surface area contributed by atoms with E-state index in [0.717, 1.165) is 77.2 Å². The van der Waals surface area contributed by atoms with E-state index in [1.54, 1.807) is 0 Å². The first-order valence-corrected chi connectivity index (χ1v) is 20.6. The highest BCUT2D eigenvalue weighted by Gasteiger charge is 2.43. The van der Waals surface area contributed by atoms with Gasteiger partial charge in [-0.2, -0.15) is 0 Å². The first kappa shape index (κ1) is 36.7. The fraction of sp³-hybridized carbons (Fsp3) is 0.794. The van der Waals surface area contributed by atoms with Crippen LogP contribution >= 0.6 is 22.9 Å². The highest BCUT2D eigenvalue weighted by Crippen LogP contribution is 2.43. The van der Waals surface area contributed by atoms with E-state index in [4.69, 9.17) is 30.2 Å². The molecule has 1 unspecified atom stereocenters. The van der Waals surface area contributed by atoms with Crippen molar-refractivity contribution >= 4 is 37.2 Å². The number of hydrogen-bond donors (Lipinski definition) is 1. The SMILES string of the molecule is COC(=O)c1ccc(CCC[C@@H]2[C@@H](/C=C/[C@@H](O)CCCC[C@@H](C)O[Si](C)(C)C(C)(C)C)[C@H](OC3CCCCO3)C[C@H]2Cl)s1. The van der Waals surface area contributed by atoms with Crippen LogP contribution in [0.5, 0.6) is 0 Å². The zero-order valence-electron chi connectivity index (χ0n) is 27.6. The van der Waals surface area contributed by atoms with E-state index in [-0.39, 0.29) is 46.7 Å². The summed E-state index contributed by atoms with van der Waals surface area (Å²) in [6.45, 7) is 14.4. The molecule has 2 heterocycles. The van der Waals surface area contributed by atoms with Crippen LogP contribution in [0.4, 0.5) is 0 Å². The minimum absolute atomic E-state index is 0.0109. The Morgan fingerprint density at radius 2 is 1.95 bits per heavy atom. The first-order valence-electron chi connectivity index (χ1n) is 16.4. The van der Waals surface area contributed by atoms with E-state index in [9.17, 15) is 9.90 Å². The lowest BCUT2D eigenvalue weighted by Crippen LogP contribution is -2.43. The Morgan fingerprint density at radius 1 is 1.21 bits per heavy atom. The summed E-state index contributed by atoms with van der Waals surface area (Å²) in [4.78, 5) is 13.7. The van der Waals surface area contributed by atoms with E-state index < -0.39 is 14.4 Å². The van der Waals surface area contributed by atoms with Crippen LogP contribution in [0.2, 0.25) is 18.1 Å². The van der Waals surface area contributed by atoms with Crippen LogP contribution < -0.4 is 0 Å². The number of aliphatic hydroxyl groups excluding tert-OH is 1. The second-order valence-electron chi connectivity index (χ2n) is 14.0. The van der Waals surface area contributed by atoms with Gasteiger partial charge in [-0.25, -0.2) is 4.79 Å². The fourth-order valence-corrected chi connectivity index (χ4v) is 8.90. The lowest BCUT2D eigenvalue weighted by atomic mass is 9.88. The molecule has 3 rings (SSSR count). The number of unbranched alkanes of at least 4 members (excludes halogenated alkanes) is 1. The van der Waals surface area contributed by atoms with E-state index in [1.165, 1.54) is 23.3 Å². The number of aryl methyl sites for hydroxylation is 1. The van der Waals surface area contributed by atoms with Gasteiger partial charge in [0.15, 0.2) is 14.6 Å². The topological polar surface area (TPSA) is 74.2 Å². The molecule has 0 amide bonds. The predicted octanol–water partition coefficient (Wildman–Crippen LogP) is 8.90. The molecule has 2 fully saturated rings. The molecular weight excluding hydrogens is 600 g/mol. The number of aliphatic hydroxyl groups is 1. The Labute approximate surface area is 271 Å². The van der Waals surface area contributed by atoms with Gasteiger partial charge in [-0.1, -0.05) is 45.8 Å². The Morgan fingerprint density at radius 3 is 2.63 bits per heavy atom. The maximum atomic E-state index is 11.8. The van der Waals surface area contributed by atoms with Gasteiger partial charge in [0, 0.05) is 28.9 Å². The summed E-state index contributed by atoms with van der Waals surface area (Å²) < 4.78 is 23.8. The van der Waals surface area contributed by atoms with Crippen LogP contribution in [0.15, 0.2) is 24.3 Å². The molecule has 1 aliphatic heterocycles. The molecule has 1 saturated heterocycles. The molecule has 1 aromatic rings. The van der Waals surface area contributed by atoms with Gasteiger partial charge >= 0.3 is 5.97 Å². The van der Waals surface area contributed by atoms with Crippen molar-refractivity contribution in [1.29, 1.82) is 0 Å². The third-order valence-electron chi connectivity index (χ3n) is 9.54. The summed E-state index contributed by atoms with van der Waals surface area (Å²) >= 11 is 8.47. The number of esters is 1. The smallest absolute Gasteiger partial charge is 0.348 e. The van der Waals surface area contributed by atoms with Crippen LogP contribution in [0.25, 0.3) is 0 Å². The molecular formula is C34H57ClO6SSi. The van der Waals surface area contributed by atoms with Crippen molar-refractivity contribution in [3.05, 3.63) is 34.0 Å². The van der Waals surface area contributed by atoms with Gasteiger partial charge in [-0.3, -0.25) is 0 Å². The van der Waals surface area contributed by atoms with Gasteiger partial charge in [0.2, 0.25) is 0 Å². The zero-order valence-corrected chi connectivity index (χ0v) is 30.2. The summed E-state index contributed by atoms with van der Waals surface area (Å²) in [5.74, 6) is 0.109. The molecule has 0 radical (unpaired) electrons.